The first-order valence-electron chi connectivity index (χ1n) is 11.5. The van der Waals surface area contributed by atoms with Crippen molar-refractivity contribution in [1.82, 2.24) is 0 Å². The lowest BCUT2D eigenvalue weighted by atomic mass is 9.88. The molecular formula is C29H34O6. The fourth-order valence-corrected chi connectivity index (χ4v) is 3.80. The number of methoxy groups -OCH3 is 3. The van der Waals surface area contributed by atoms with Crippen molar-refractivity contribution < 1.29 is 29.2 Å². The molecule has 0 aromatic heterocycles. The zero-order valence-electron chi connectivity index (χ0n) is 20.5. The maximum Gasteiger partial charge on any atom is 0.146 e. The summed E-state index contributed by atoms with van der Waals surface area (Å²) in [7, 11) is 4.82. The molecular weight excluding hydrogens is 444 g/mol. The average molecular weight is 479 g/mol. The Morgan fingerprint density at radius 1 is 0.714 bits per heavy atom. The molecule has 0 bridgehead atoms. The van der Waals surface area contributed by atoms with Gasteiger partial charge in [-0.05, 0) is 52.9 Å². The van der Waals surface area contributed by atoms with Crippen molar-refractivity contribution >= 4 is 0 Å². The summed E-state index contributed by atoms with van der Waals surface area (Å²) >= 11 is 0. The first-order valence-corrected chi connectivity index (χ1v) is 11.5. The van der Waals surface area contributed by atoms with E-state index < -0.39 is 12.2 Å². The summed E-state index contributed by atoms with van der Waals surface area (Å²) in [5.41, 5.74) is 3.56. The normalized spacial score (nSPS) is 14.0. The van der Waals surface area contributed by atoms with Gasteiger partial charge in [0.1, 0.15) is 18.3 Å². The second-order valence-electron chi connectivity index (χ2n) is 8.19. The number of benzene rings is 3. The van der Waals surface area contributed by atoms with Gasteiger partial charge in [-0.25, -0.2) is 0 Å². The summed E-state index contributed by atoms with van der Waals surface area (Å²) in [5, 5.41) is 21.9. The third-order valence-corrected chi connectivity index (χ3v) is 5.84. The Morgan fingerprint density at radius 3 is 1.80 bits per heavy atom. The van der Waals surface area contributed by atoms with Crippen LogP contribution >= 0.6 is 0 Å². The summed E-state index contributed by atoms with van der Waals surface area (Å²) in [6.45, 7) is 0.684. The van der Waals surface area contributed by atoms with E-state index >= 15 is 0 Å². The summed E-state index contributed by atoms with van der Waals surface area (Å²) in [6.07, 6.45) is 2.86. The highest BCUT2D eigenvalue weighted by Crippen LogP contribution is 2.34. The lowest BCUT2D eigenvalue weighted by Crippen LogP contribution is -2.09. The molecule has 3 aromatic carbocycles. The highest BCUT2D eigenvalue weighted by Gasteiger charge is 2.21. The van der Waals surface area contributed by atoms with E-state index in [0.717, 1.165) is 33.8 Å². The Balaban J connectivity index is 1.78. The highest BCUT2D eigenvalue weighted by atomic mass is 16.7. The molecule has 3 aromatic rings. The van der Waals surface area contributed by atoms with Gasteiger partial charge in [0.05, 0.1) is 33.0 Å². The fraction of sp³-hybridized carbons (Fsp3) is 0.310. The minimum absolute atomic E-state index is 0.236. The number of hydrogen-bond donors (Lipinski definition) is 2. The van der Waals surface area contributed by atoms with Crippen LogP contribution < -0.4 is 9.47 Å². The summed E-state index contributed by atoms with van der Waals surface area (Å²) < 4.78 is 20.8. The highest BCUT2D eigenvalue weighted by molar-refractivity contribution is 5.35. The van der Waals surface area contributed by atoms with Crippen LogP contribution in [0.1, 0.15) is 46.8 Å². The zero-order valence-corrected chi connectivity index (χ0v) is 20.5. The molecule has 0 spiro atoms. The van der Waals surface area contributed by atoms with Crippen molar-refractivity contribution in [3.63, 3.8) is 0 Å². The van der Waals surface area contributed by atoms with Crippen molar-refractivity contribution in [3.8, 4) is 11.5 Å². The van der Waals surface area contributed by atoms with Gasteiger partial charge in [-0.3, -0.25) is 0 Å². The molecule has 6 nitrogen and oxygen atoms in total. The van der Waals surface area contributed by atoms with Crippen LogP contribution in [-0.2, 0) is 16.1 Å². The molecule has 3 atom stereocenters. The smallest absolute Gasteiger partial charge is 0.146 e. The Morgan fingerprint density at radius 2 is 1.26 bits per heavy atom. The van der Waals surface area contributed by atoms with Crippen molar-refractivity contribution in [2.75, 3.05) is 28.1 Å². The number of rotatable bonds is 13. The van der Waals surface area contributed by atoms with Crippen LogP contribution in [0.25, 0.3) is 0 Å². The minimum atomic E-state index is -0.772. The third-order valence-electron chi connectivity index (χ3n) is 5.84. The van der Waals surface area contributed by atoms with Gasteiger partial charge in [0.2, 0.25) is 0 Å². The summed E-state index contributed by atoms with van der Waals surface area (Å²) in [4.78, 5) is 0. The first kappa shape index (κ1) is 26.4. The van der Waals surface area contributed by atoms with Gasteiger partial charge in [0.15, 0.2) is 0 Å². The van der Waals surface area contributed by atoms with Crippen molar-refractivity contribution in [2.45, 2.75) is 31.2 Å². The van der Waals surface area contributed by atoms with Crippen LogP contribution in [0.3, 0.4) is 0 Å². The van der Waals surface area contributed by atoms with Gasteiger partial charge in [-0.2, -0.15) is 0 Å². The summed E-state index contributed by atoms with van der Waals surface area (Å²) in [6, 6.07) is 22.7. The van der Waals surface area contributed by atoms with Crippen molar-refractivity contribution in [3.05, 3.63) is 107 Å². The van der Waals surface area contributed by atoms with Crippen LogP contribution in [0.5, 0.6) is 11.5 Å². The van der Waals surface area contributed by atoms with Crippen LogP contribution in [0, 0.1) is 0 Å². The average Bonchev–Trinajstić information content (AvgIpc) is 2.91. The Kier molecular flexibility index (Phi) is 10.3. The Hall–Kier alpha value is -3.16. The van der Waals surface area contributed by atoms with E-state index in [0.29, 0.717) is 13.0 Å². The Bertz CT molecular complexity index is 1030. The molecule has 0 aliphatic rings. The van der Waals surface area contributed by atoms with E-state index in [2.05, 4.69) is 0 Å². The van der Waals surface area contributed by atoms with Gasteiger partial charge in [-0.1, -0.05) is 60.7 Å². The zero-order chi connectivity index (χ0) is 25.0. The number of aliphatic hydroxyl groups excluding tert-OH is 2. The Labute approximate surface area is 207 Å². The largest absolute Gasteiger partial charge is 0.497 e. The topological polar surface area (TPSA) is 77.4 Å². The van der Waals surface area contributed by atoms with E-state index in [9.17, 15) is 10.2 Å². The van der Waals surface area contributed by atoms with E-state index in [1.165, 1.54) is 0 Å². The maximum atomic E-state index is 11.3. The van der Waals surface area contributed by atoms with Gasteiger partial charge >= 0.3 is 0 Å². The minimum Gasteiger partial charge on any atom is -0.497 e. The molecule has 3 unspecified atom stereocenters. The van der Waals surface area contributed by atoms with Gasteiger partial charge < -0.3 is 29.2 Å². The second kappa shape index (κ2) is 13.7. The predicted molar refractivity (Wildman–Crippen MR) is 136 cm³/mol. The molecule has 6 heteroatoms. The molecule has 0 heterocycles. The quantitative estimate of drug-likeness (QED) is 0.197. The predicted octanol–water partition coefficient (Wildman–Crippen LogP) is 5.32. The van der Waals surface area contributed by atoms with E-state index in [1.54, 1.807) is 21.3 Å². The van der Waals surface area contributed by atoms with Crippen molar-refractivity contribution in [1.29, 1.82) is 0 Å². The van der Waals surface area contributed by atoms with E-state index in [4.69, 9.17) is 18.9 Å². The lowest BCUT2D eigenvalue weighted by molar-refractivity contribution is -0.0390. The van der Waals surface area contributed by atoms with Crippen LogP contribution in [0.15, 0.2) is 84.9 Å². The standard InChI is InChI=1S/C29H34O6/c1-32-20-35-19-21-7-9-22(10-8-21)27(29(31)24-13-17-26(34-3)18-14-24)5-4-6-28(30)23-11-15-25(33-2)16-12-23/h4-5,7-18,27-31H,6,19-20H2,1-3H3/b5-4+. The molecule has 0 aliphatic carbocycles. The number of ether oxygens (including phenoxy) is 4. The van der Waals surface area contributed by atoms with Gasteiger partial charge in [0, 0.05) is 13.0 Å². The van der Waals surface area contributed by atoms with Crippen molar-refractivity contribution in [2.24, 2.45) is 0 Å². The van der Waals surface area contributed by atoms with Crippen LogP contribution in [0.4, 0.5) is 0 Å². The van der Waals surface area contributed by atoms with Crippen LogP contribution in [-0.4, -0.2) is 38.3 Å². The molecule has 0 radical (unpaired) electrons. The second-order valence-corrected chi connectivity index (χ2v) is 8.19. The molecule has 0 saturated carbocycles. The molecule has 0 aliphatic heterocycles. The lowest BCUT2D eigenvalue weighted by Gasteiger charge is -2.22. The van der Waals surface area contributed by atoms with Crippen LogP contribution in [0.2, 0.25) is 0 Å². The third kappa shape index (κ3) is 7.67. The van der Waals surface area contributed by atoms with Gasteiger partial charge in [-0.15, -0.1) is 0 Å². The SMILES string of the molecule is COCOCc1ccc(C(/C=C/CC(O)c2ccc(OC)cc2)C(O)c2ccc(OC)cc2)cc1. The maximum absolute atomic E-state index is 11.3. The molecule has 186 valence electrons. The monoisotopic (exact) mass is 478 g/mol. The van der Waals surface area contributed by atoms with Gasteiger partial charge in [0.25, 0.3) is 0 Å². The molecule has 0 saturated heterocycles. The summed E-state index contributed by atoms with van der Waals surface area (Å²) in [5.74, 6) is 1.17. The molecule has 0 amide bonds. The van der Waals surface area contributed by atoms with E-state index in [-0.39, 0.29) is 12.7 Å². The number of hydrogen-bond acceptors (Lipinski definition) is 6. The molecule has 3 rings (SSSR count). The first-order chi connectivity index (χ1) is 17.0. The molecule has 35 heavy (non-hydrogen) atoms. The molecule has 0 fully saturated rings. The number of aliphatic hydroxyl groups is 2. The fourth-order valence-electron chi connectivity index (χ4n) is 3.80. The van der Waals surface area contributed by atoms with E-state index in [1.807, 2.05) is 84.9 Å². The molecule has 2 N–H and O–H groups in total.